The van der Waals surface area contributed by atoms with E-state index in [0.29, 0.717) is 11.3 Å². The first-order chi connectivity index (χ1) is 7.51. The van der Waals surface area contributed by atoms with E-state index in [1.807, 2.05) is 6.07 Å². The first-order valence-corrected chi connectivity index (χ1v) is 5.06. The topological polar surface area (TPSA) is 58.6 Å². The highest BCUT2D eigenvalue weighted by molar-refractivity contribution is 5.97. The van der Waals surface area contributed by atoms with Crippen LogP contribution in [0.2, 0.25) is 0 Å². The lowest BCUT2D eigenvalue weighted by atomic mass is 10.1. The summed E-state index contributed by atoms with van der Waals surface area (Å²) >= 11 is 0. The maximum atomic E-state index is 11.8. The van der Waals surface area contributed by atoms with Crippen molar-refractivity contribution in [1.82, 2.24) is 0 Å². The molecular formula is C12H17NO3. The van der Waals surface area contributed by atoms with Crippen molar-refractivity contribution in [2.45, 2.75) is 26.1 Å². The number of carbonyl (C=O) groups excluding carboxylic acids is 1. The molecule has 0 unspecified atom stereocenters. The highest BCUT2D eigenvalue weighted by Crippen LogP contribution is 2.17. The lowest BCUT2D eigenvalue weighted by Crippen LogP contribution is -2.39. The summed E-state index contributed by atoms with van der Waals surface area (Å²) in [4.78, 5) is 11.8. The molecule has 0 heterocycles. The van der Waals surface area contributed by atoms with Crippen molar-refractivity contribution in [3.05, 3.63) is 29.8 Å². The van der Waals surface area contributed by atoms with Crippen molar-refractivity contribution in [2.24, 2.45) is 0 Å². The third-order valence-electron chi connectivity index (χ3n) is 2.49. The zero-order valence-corrected chi connectivity index (χ0v) is 9.78. The van der Waals surface area contributed by atoms with Crippen molar-refractivity contribution in [3.63, 3.8) is 0 Å². The molecule has 88 valence electrons. The minimum atomic E-state index is -0.886. The number of amides is 1. The molecule has 0 spiro atoms. The van der Waals surface area contributed by atoms with E-state index in [2.05, 4.69) is 5.32 Å². The van der Waals surface area contributed by atoms with Crippen LogP contribution in [0.1, 0.15) is 19.4 Å². The summed E-state index contributed by atoms with van der Waals surface area (Å²) in [5.74, 6) is -0.240. The minimum absolute atomic E-state index is 0.107. The average molecular weight is 223 g/mol. The number of aliphatic hydroxyl groups is 1. The molecular weight excluding hydrogens is 206 g/mol. The number of benzene rings is 1. The van der Waals surface area contributed by atoms with Gasteiger partial charge in [0.25, 0.3) is 5.91 Å². The van der Waals surface area contributed by atoms with Gasteiger partial charge >= 0.3 is 0 Å². The van der Waals surface area contributed by atoms with Gasteiger partial charge in [-0.2, -0.15) is 0 Å². The Morgan fingerprint density at radius 1 is 1.44 bits per heavy atom. The number of nitrogens with one attached hydrogen (secondary N) is 1. The zero-order valence-electron chi connectivity index (χ0n) is 9.78. The Hall–Kier alpha value is -1.39. The van der Waals surface area contributed by atoms with Gasteiger partial charge in [0.15, 0.2) is 0 Å². The summed E-state index contributed by atoms with van der Waals surface area (Å²) in [6, 6.07) is 7.11. The highest BCUT2D eigenvalue weighted by Gasteiger charge is 2.27. The standard InChI is InChI=1S/C12H17NO3/c1-12(2,16-3)11(15)13-10-7-5-4-6-9(10)8-14/h4-7,14H,8H2,1-3H3,(H,13,15). The quantitative estimate of drug-likeness (QED) is 0.814. The second-order valence-corrected chi connectivity index (χ2v) is 3.98. The third kappa shape index (κ3) is 2.81. The monoisotopic (exact) mass is 223 g/mol. The predicted molar refractivity (Wildman–Crippen MR) is 62.1 cm³/mol. The molecule has 0 bridgehead atoms. The molecule has 1 aromatic carbocycles. The number of hydrogen-bond acceptors (Lipinski definition) is 3. The van der Waals surface area contributed by atoms with Crippen LogP contribution in [0.5, 0.6) is 0 Å². The second-order valence-electron chi connectivity index (χ2n) is 3.98. The lowest BCUT2D eigenvalue weighted by molar-refractivity contribution is -0.133. The molecule has 0 aromatic heterocycles. The Morgan fingerprint density at radius 2 is 2.06 bits per heavy atom. The van der Waals surface area contributed by atoms with Crippen LogP contribution in [-0.2, 0) is 16.1 Å². The molecule has 2 N–H and O–H groups in total. The Balaban J connectivity index is 2.85. The number of ether oxygens (including phenoxy) is 1. The van der Waals surface area contributed by atoms with Crippen LogP contribution in [0.25, 0.3) is 0 Å². The number of aliphatic hydroxyl groups excluding tert-OH is 1. The normalized spacial score (nSPS) is 11.2. The Morgan fingerprint density at radius 3 is 2.62 bits per heavy atom. The number of carbonyl (C=O) groups is 1. The van der Waals surface area contributed by atoms with E-state index in [0.717, 1.165) is 0 Å². The first kappa shape index (κ1) is 12.7. The van der Waals surface area contributed by atoms with Gasteiger partial charge in [-0.1, -0.05) is 18.2 Å². The van der Waals surface area contributed by atoms with E-state index in [9.17, 15) is 4.79 Å². The van der Waals surface area contributed by atoms with Crippen LogP contribution in [0.3, 0.4) is 0 Å². The number of methoxy groups -OCH3 is 1. The molecule has 0 aliphatic heterocycles. The van der Waals surface area contributed by atoms with Crippen LogP contribution < -0.4 is 5.32 Å². The highest BCUT2D eigenvalue weighted by atomic mass is 16.5. The van der Waals surface area contributed by atoms with E-state index in [1.165, 1.54) is 7.11 Å². The van der Waals surface area contributed by atoms with Gasteiger partial charge in [-0.25, -0.2) is 0 Å². The van der Waals surface area contributed by atoms with Crippen LogP contribution in [0.4, 0.5) is 5.69 Å². The molecule has 0 saturated carbocycles. The van der Waals surface area contributed by atoms with E-state index in [4.69, 9.17) is 9.84 Å². The van der Waals surface area contributed by atoms with Crippen molar-refractivity contribution in [2.75, 3.05) is 12.4 Å². The van der Waals surface area contributed by atoms with E-state index < -0.39 is 5.60 Å². The van der Waals surface area contributed by atoms with Crippen LogP contribution in [0, 0.1) is 0 Å². The van der Waals surface area contributed by atoms with Crippen molar-refractivity contribution < 1.29 is 14.6 Å². The summed E-state index contributed by atoms with van der Waals surface area (Å²) < 4.78 is 5.07. The molecule has 0 aliphatic carbocycles. The van der Waals surface area contributed by atoms with Gasteiger partial charge in [0.2, 0.25) is 0 Å². The summed E-state index contributed by atoms with van der Waals surface area (Å²) in [6.07, 6.45) is 0. The molecule has 0 fully saturated rings. The first-order valence-electron chi connectivity index (χ1n) is 5.06. The van der Waals surface area contributed by atoms with Crippen LogP contribution >= 0.6 is 0 Å². The molecule has 16 heavy (non-hydrogen) atoms. The fourth-order valence-corrected chi connectivity index (χ4v) is 1.15. The number of anilines is 1. The lowest BCUT2D eigenvalue weighted by Gasteiger charge is -2.22. The zero-order chi connectivity index (χ0) is 12.2. The van der Waals surface area contributed by atoms with E-state index in [1.54, 1.807) is 32.0 Å². The molecule has 1 rings (SSSR count). The number of para-hydroxylation sites is 1. The van der Waals surface area contributed by atoms with Crippen LogP contribution in [0.15, 0.2) is 24.3 Å². The van der Waals surface area contributed by atoms with Gasteiger partial charge in [-0.15, -0.1) is 0 Å². The fraction of sp³-hybridized carbons (Fsp3) is 0.417. The largest absolute Gasteiger partial charge is 0.392 e. The van der Waals surface area contributed by atoms with Crippen molar-refractivity contribution in [3.8, 4) is 0 Å². The summed E-state index contributed by atoms with van der Waals surface area (Å²) in [6.45, 7) is 3.26. The fourth-order valence-electron chi connectivity index (χ4n) is 1.15. The third-order valence-corrected chi connectivity index (χ3v) is 2.49. The Bertz CT molecular complexity index is 374. The smallest absolute Gasteiger partial charge is 0.256 e. The summed E-state index contributed by atoms with van der Waals surface area (Å²) in [7, 11) is 1.48. The Kier molecular flexibility index (Phi) is 4.04. The van der Waals surface area contributed by atoms with Gasteiger partial charge in [-0.3, -0.25) is 4.79 Å². The SMILES string of the molecule is COC(C)(C)C(=O)Nc1ccccc1CO. The molecule has 1 amide bonds. The van der Waals surface area contributed by atoms with Gasteiger partial charge in [-0.05, 0) is 19.9 Å². The molecule has 0 saturated heterocycles. The van der Waals surface area contributed by atoms with E-state index in [-0.39, 0.29) is 12.5 Å². The molecule has 0 atom stereocenters. The maximum absolute atomic E-state index is 11.8. The maximum Gasteiger partial charge on any atom is 0.256 e. The van der Waals surface area contributed by atoms with Gasteiger partial charge < -0.3 is 15.2 Å². The summed E-state index contributed by atoms with van der Waals surface area (Å²) in [5, 5.41) is 11.8. The minimum Gasteiger partial charge on any atom is -0.392 e. The second kappa shape index (κ2) is 5.09. The average Bonchev–Trinajstić information content (AvgIpc) is 2.29. The molecule has 1 aromatic rings. The molecule has 0 radical (unpaired) electrons. The molecule has 4 heteroatoms. The molecule has 0 aliphatic rings. The van der Waals surface area contributed by atoms with E-state index >= 15 is 0 Å². The van der Waals surface area contributed by atoms with Crippen molar-refractivity contribution >= 4 is 11.6 Å². The van der Waals surface area contributed by atoms with Gasteiger partial charge in [0, 0.05) is 18.4 Å². The number of hydrogen-bond donors (Lipinski definition) is 2. The number of rotatable bonds is 4. The van der Waals surface area contributed by atoms with Crippen molar-refractivity contribution in [1.29, 1.82) is 0 Å². The van der Waals surface area contributed by atoms with Gasteiger partial charge in [0.1, 0.15) is 5.60 Å². The summed E-state index contributed by atoms with van der Waals surface area (Å²) in [5.41, 5.74) is 0.408. The van der Waals surface area contributed by atoms with Crippen LogP contribution in [-0.4, -0.2) is 23.7 Å². The van der Waals surface area contributed by atoms with Gasteiger partial charge in [0.05, 0.1) is 6.61 Å². The Labute approximate surface area is 95.2 Å². The molecule has 4 nitrogen and oxygen atoms in total. The predicted octanol–water partition coefficient (Wildman–Crippen LogP) is 1.54.